The maximum atomic E-state index is 15.3. The maximum absolute atomic E-state index is 15.3. The Morgan fingerprint density at radius 3 is 2.49 bits per heavy atom. The molecule has 6 aromatic rings. The molecule has 6 rings (SSSR count). The third-order valence-electron chi connectivity index (χ3n) is 6.63. The molecule has 1 amide bonds. The number of hydrogen-bond donors (Lipinski definition) is 2. The number of nitrogens with one attached hydrogen (secondary N) is 1. The lowest BCUT2D eigenvalue weighted by Crippen LogP contribution is -3.00. The smallest absolute Gasteiger partial charge is 0.435 e. The number of fused-ring (bicyclic) bond motifs is 1. The Bertz CT molecular complexity index is 1940. The number of benzene rings is 3. The summed E-state index contributed by atoms with van der Waals surface area (Å²) in [5.74, 6) is -1.74. The van der Waals surface area contributed by atoms with Crippen LogP contribution in [0, 0.1) is 5.82 Å². The molecule has 0 unspecified atom stereocenters. The summed E-state index contributed by atoms with van der Waals surface area (Å²) in [6.07, 6.45) is -0.993. The van der Waals surface area contributed by atoms with Gasteiger partial charge in [-0.25, -0.2) is 13.6 Å². The molecule has 0 aliphatic rings. The van der Waals surface area contributed by atoms with Gasteiger partial charge in [0.05, 0.1) is 16.8 Å². The van der Waals surface area contributed by atoms with Crippen molar-refractivity contribution in [2.75, 3.05) is 11.1 Å². The van der Waals surface area contributed by atoms with Crippen molar-refractivity contribution >= 4 is 28.4 Å². The summed E-state index contributed by atoms with van der Waals surface area (Å²) < 4.78 is 63.9. The minimum absolute atomic E-state index is 0. The molecule has 13 heteroatoms. The first-order valence-corrected chi connectivity index (χ1v) is 12.6. The van der Waals surface area contributed by atoms with E-state index in [0.29, 0.717) is 29.1 Å². The van der Waals surface area contributed by atoms with Crippen LogP contribution in [0.15, 0.2) is 102 Å². The lowest BCUT2D eigenvalue weighted by molar-refractivity contribution is -0.688. The quantitative estimate of drug-likeness (QED) is 0.213. The summed E-state index contributed by atoms with van der Waals surface area (Å²) in [5, 5.41) is 9.93. The molecule has 0 fully saturated rings. The van der Waals surface area contributed by atoms with Gasteiger partial charge >= 0.3 is 6.18 Å². The standard InChI is InChI=1S/C30H20F4N6O2.BrH/c31-23-14-18(21-7-3-2-6-19(21)17-39-12-4-1-5-13-39)8-10-24(23)36-29(41)25-16-27(30(32,33)34)37-40(25)20-9-11-26-22(15-20)28(35)38-42-26;/h1-16H,17H2,(H2-,35,36,38,41);1H. The molecule has 0 atom stereocenters. The molecular formula is C30H21BrF4N6O2. The van der Waals surface area contributed by atoms with Gasteiger partial charge in [-0.3, -0.25) is 4.79 Å². The molecule has 0 bridgehead atoms. The molecule has 43 heavy (non-hydrogen) atoms. The Morgan fingerprint density at radius 2 is 1.74 bits per heavy atom. The second kappa shape index (κ2) is 11.7. The number of amides is 1. The monoisotopic (exact) mass is 652 g/mol. The van der Waals surface area contributed by atoms with Crippen molar-refractivity contribution in [2.45, 2.75) is 12.7 Å². The van der Waals surface area contributed by atoms with Gasteiger partial charge in [-0.2, -0.15) is 18.3 Å². The molecule has 3 N–H and O–H groups in total. The van der Waals surface area contributed by atoms with Crippen LogP contribution in [-0.4, -0.2) is 20.8 Å². The van der Waals surface area contributed by atoms with Gasteiger partial charge in [0.1, 0.15) is 11.5 Å². The van der Waals surface area contributed by atoms with Crippen molar-refractivity contribution in [3.8, 4) is 16.8 Å². The van der Waals surface area contributed by atoms with Crippen molar-refractivity contribution in [3.63, 3.8) is 0 Å². The minimum atomic E-state index is -4.83. The second-order valence-electron chi connectivity index (χ2n) is 9.43. The van der Waals surface area contributed by atoms with Crippen LogP contribution in [0.1, 0.15) is 21.7 Å². The molecular weight excluding hydrogens is 632 g/mol. The number of alkyl halides is 3. The predicted molar refractivity (Wildman–Crippen MR) is 146 cm³/mol. The number of rotatable bonds is 6. The molecule has 0 saturated heterocycles. The zero-order valence-corrected chi connectivity index (χ0v) is 23.6. The fourth-order valence-electron chi connectivity index (χ4n) is 4.60. The van der Waals surface area contributed by atoms with Crippen LogP contribution in [0.25, 0.3) is 27.8 Å². The Labute approximate surface area is 252 Å². The van der Waals surface area contributed by atoms with Crippen molar-refractivity contribution in [3.05, 3.63) is 120 Å². The van der Waals surface area contributed by atoms with Gasteiger partial charge in [-0.15, -0.1) is 0 Å². The first-order valence-electron chi connectivity index (χ1n) is 12.6. The molecule has 3 heterocycles. The lowest BCUT2D eigenvalue weighted by Gasteiger charge is -2.12. The predicted octanol–water partition coefficient (Wildman–Crippen LogP) is 3.01. The van der Waals surface area contributed by atoms with Crippen LogP contribution >= 0.6 is 0 Å². The Balaban J connectivity index is 0.00000368. The highest BCUT2D eigenvalue weighted by Crippen LogP contribution is 2.32. The fourth-order valence-corrected chi connectivity index (χ4v) is 4.60. The Morgan fingerprint density at radius 1 is 0.977 bits per heavy atom. The molecule has 218 valence electrons. The van der Waals surface area contributed by atoms with E-state index < -0.39 is 29.3 Å². The largest absolute Gasteiger partial charge is 1.00 e. The highest BCUT2D eigenvalue weighted by Gasteiger charge is 2.36. The van der Waals surface area contributed by atoms with Gasteiger partial charge in [0.2, 0.25) is 0 Å². The Hall–Kier alpha value is -5.04. The first-order chi connectivity index (χ1) is 20.2. The highest BCUT2D eigenvalue weighted by atomic mass is 79.9. The van der Waals surface area contributed by atoms with E-state index in [2.05, 4.69) is 15.6 Å². The topological polar surface area (TPSA) is 103 Å². The van der Waals surface area contributed by atoms with Crippen LogP contribution in [0.5, 0.6) is 0 Å². The minimum Gasteiger partial charge on any atom is -1.00 e. The molecule has 3 aromatic heterocycles. The summed E-state index contributed by atoms with van der Waals surface area (Å²) >= 11 is 0. The average molecular weight is 653 g/mol. The van der Waals surface area contributed by atoms with E-state index in [0.717, 1.165) is 15.8 Å². The third kappa shape index (κ3) is 5.97. The number of nitrogen functional groups attached to an aromatic ring is 1. The van der Waals surface area contributed by atoms with Crippen molar-refractivity contribution in [2.24, 2.45) is 0 Å². The van der Waals surface area contributed by atoms with Crippen LogP contribution in [0.3, 0.4) is 0 Å². The summed E-state index contributed by atoms with van der Waals surface area (Å²) in [4.78, 5) is 13.2. The third-order valence-corrected chi connectivity index (χ3v) is 6.63. The van der Waals surface area contributed by atoms with E-state index in [1.165, 1.54) is 30.3 Å². The van der Waals surface area contributed by atoms with Crippen LogP contribution in [0.2, 0.25) is 0 Å². The molecule has 0 radical (unpaired) electrons. The van der Waals surface area contributed by atoms with E-state index in [4.69, 9.17) is 10.3 Å². The summed E-state index contributed by atoms with van der Waals surface area (Å²) in [5.41, 5.74) is 6.52. The number of hydrogen-bond acceptors (Lipinski definition) is 5. The number of carbonyl (C=O) groups excluding carboxylic acids is 1. The van der Waals surface area contributed by atoms with Crippen molar-refractivity contribution in [1.82, 2.24) is 14.9 Å². The number of carbonyl (C=O) groups is 1. The Kier molecular flexibility index (Phi) is 8.00. The van der Waals surface area contributed by atoms with Gasteiger partial charge in [-0.1, -0.05) is 41.6 Å². The lowest BCUT2D eigenvalue weighted by atomic mass is 9.99. The van der Waals surface area contributed by atoms with Gasteiger partial charge in [0.15, 0.2) is 36.0 Å². The van der Waals surface area contributed by atoms with Gasteiger partial charge in [0.25, 0.3) is 5.91 Å². The normalized spacial score (nSPS) is 11.3. The van der Waals surface area contributed by atoms with Crippen molar-refractivity contribution < 1.29 is 48.4 Å². The van der Waals surface area contributed by atoms with E-state index >= 15 is 4.39 Å². The molecule has 8 nitrogen and oxygen atoms in total. The van der Waals surface area contributed by atoms with Gasteiger partial charge in [0, 0.05) is 23.8 Å². The van der Waals surface area contributed by atoms with Crippen LogP contribution < -0.4 is 32.6 Å². The van der Waals surface area contributed by atoms with Crippen molar-refractivity contribution in [1.29, 1.82) is 0 Å². The number of anilines is 2. The molecule has 3 aromatic carbocycles. The molecule has 0 aliphatic carbocycles. The van der Waals surface area contributed by atoms with E-state index in [-0.39, 0.29) is 34.2 Å². The fraction of sp³-hybridized carbons (Fsp3) is 0.0667. The van der Waals surface area contributed by atoms with Gasteiger partial charge in [-0.05, 0) is 41.5 Å². The maximum Gasteiger partial charge on any atom is 0.435 e. The van der Waals surface area contributed by atoms with Crippen LogP contribution in [0.4, 0.5) is 29.1 Å². The highest BCUT2D eigenvalue weighted by molar-refractivity contribution is 6.04. The number of nitrogens with zero attached hydrogens (tertiary/aromatic N) is 4. The zero-order chi connectivity index (χ0) is 29.4. The first kappa shape index (κ1) is 29.5. The molecule has 0 spiro atoms. The number of pyridine rings is 1. The summed E-state index contributed by atoms with van der Waals surface area (Å²) in [6.45, 7) is 0.551. The number of halogens is 5. The van der Waals surface area contributed by atoms with E-state index in [1.54, 1.807) is 6.07 Å². The molecule has 0 saturated carbocycles. The molecule has 0 aliphatic heterocycles. The second-order valence-corrected chi connectivity index (χ2v) is 9.43. The number of nitrogens with two attached hydrogens (primary N) is 1. The van der Waals surface area contributed by atoms with E-state index in [9.17, 15) is 18.0 Å². The average Bonchev–Trinajstić information content (AvgIpc) is 3.59. The number of aromatic nitrogens is 4. The summed E-state index contributed by atoms with van der Waals surface area (Å²) in [6, 6.07) is 22.4. The van der Waals surface area contributed by atoms with Gasteiger partial charge < -0.3 is 32.6 Å². The SMILES string of the molecule is Nc1noc2ccc(-n3nc(C(F)(F)F)cc3C(=O)Nc3ccc(-c4ccccc4C[n+]4ccccc4)cc3F)cc12.[Br-]. The zero-order valence-electron chi connectivity index (χ0n) is 22.0. The van der Waals surface area contributed by atoms with Crippen LogP contribution in [-0.2, 0) is 12.7 Å². The van der Waals surface area contributed by atoms with E-state index in [1.807, 2.05) is 59.4 Å². The summed E-state index contributed by atoms with van der Waals surface area (Å²) in [7, 11) is 0.